The smallest absolute Gasteiger partial charge is 0.322 e. The van der Waals surface area contributed by atoms with Gasteiger partial charge in [0.1, 0.15) is 5.75 Å². The van der Waals surface area contributed by atoms with Crippen molar-refractivity contribution in [1.29, 1.82) is 0 Å². The Bertz CT molecular complexity index is 1330. The van der Waals surface area contributed by atoms with E-state index in [1.54, 1.807) is 11.5 Å². The number of aromatic nitrogens is 3. The highest BCUT2D eigenvalue weighted by Crippen LogP contribution is 2.28. The number of rotatable bonds is 9. The number of amides is 1. The van der Waals surface area contributed by atoms with Crippen LogP contribution in [0.2, 0.25) is 0 Å². The predicted octanol–water partition coefficient (Wildman–Crippen LogP) is 2.84. The molecule has 0 spiro atoms. The summed E-state index contributed by atoms with van der Waals surface area (Å²) in [6.07, 6.45) is 0. The summed E-state index contributed by atoms with van der Waals surface area (Å²) in [5, 5.41) is 11.0. The Balaban J connectivity index is 1.47. The molecule has 1 saturated heterocycles. The number of carbonyl (C=O) groups is 1. The van der Waals surface area contributed by atoms with E-state index in [0.29, 0.717) is 29.8 Å². The predicted molar refractivity (Wildman–Crippen MR) is 141 cm³/mol. The summed E-state index contributed by atoms with van der Waals surface area (Å²) >= 11 is 0. The first-order valence-electron chi connectivity index (χ1n) is 12.2. The van der Waals surface area contributed by atoms with Crippen LogP contribution in [0.4, 0.5) is 11.4 Å². The van der Waals surface area contributed by atoms with Gasteiger partial charge in [0.15, 0.2) is 5.82 Å². The molecule has 3 aromatic rings. The van der Waals surface area contributed by atoms with Gasteiger partial charge in [0, 0.05) is 57.1 Å². The molecule has 2 heterocycles. The molecule has 0 radical (unpaired) electrons. The van der Waals surface area contributed by atoms with Crippen LogP contribution >= 0.6 is 0 Å². The van der Waals surface area contributed by atoms with E-state index in [9.17, 15) is 13.2 Å². The van der Waals surface area contributed by atoms with Crippen molar-refractivity contribution in [1.82, 2.24) is 24.4 Å². The zero-order valence-electron chi connectivity index (χ0n) is 21.5. The highest BCUT2D eigenvalue weighted by molar-refractivity contribution is 7.89. The molecule has 0 saturated carbocycles. The third kappa shape index (κ3) is 6.45. The average Bonchev–Trinajstić information content (AvgIpc) is 3.27. The van der Waals surface area contributed by atoms with Gasteiger partial charge < -0.3 is 19.9 Å². The van der Waals surface area contributed by atoms with Crippen molar-refractivity contribution in [2.45, 2.75) is 38.3 Å². The van der Waals surface area contributed by atoms with E-state index in [-0.39, 0.29) is 10.8 Å². The number of piperazine rings is 1. The minimum atomic E-state index is -3.84. The van der Waals surface area contributed by atoms with Crippen molar-refractivity contribution < 1.29 is 17.9 Å². The minimum Gasteiger partial charge on any atom is -0.424 e. The first-order chi connectivity index (χ1) is 17.7. The Kier molecular flexibility index (Phi) is 8.10. The van der Waals surface area contributed by atoms with Gasteiger partial charge in [-0.15, -0.1) is 5.10 Å². The lowest BCUT2D eigenvalue weighted by Crippen LogP contribution is -2.44. The van der Waals surface area contributed by atoms with Gasteiger partial charge in [0.05, 0.1) is 10.9 Å². The van der Waals surface area contributed by atoms with Gasteiger partial charge in [-0.3, -0.25) is 9.36 Å². The van der Waals surface area contributed by atoms with Crippen LogP contribution in [-0.4, -0.2) is 67.2 Å². The van der Waals surface area contributed by atoms with E-state index in [1.807, 2.05) is 25.1 Å². The standard InChI is InChI=1S/C25H33N7O4S/c1-5-32-24(18(2)29-37(34,35)23-11-9-20(10-12-23)26-19(3)33)27-28-25(32)36-22-8-6-7-21(17-22)31-15-13-30(4)14-16-31/h6-12,17-18,29H,5,13-16H2,1-4H3,(H,26,33)/t18-/m1/s1. The summed E-state index contributed by atoms with van der Waals surface area (Å²) < 4.78 is 36.4. The SMILES string of the molecule is CCn1c(Oc2cccc(N3CCN(C)CC3)c2)nnc1[C@@H](C)NS(=O)(=O)c1ccc(NC(C)=O)cc1. The molecule has 1 atom stereocenters. The topological polar surface area (TPSA) is 122 Å². The maximum absolute atomic E-state index is 13.0. The van der Waals surface area contributed by atoms with Crippen molar-refractivity contribution in [3.05, 3.63) is 54.4 Å². The summed E-state index contributed by atoms with van der Waals surface area (Å²) in [4.78, 5) is 15.9. The zero-order chi connectivity index (χ0) is 26.6. The molecule has 198 valence electrons. The van der Waals surface area contributed by atoms with E-state index < -0.39 is 16.1 Å². The molecule has 0 unspecified atom stereocenters. The zero-order valence-corrected chi connectivity index (χ0v) is 22.3. The van der Waals surface area contributed by atoms with E-state index >= 15 is 0 Å². The van der Waals surface area contributed by atoms with Gasteiger partial charge in [0.25, 0.3) is 0 Å². The van der Waals surface area contributed by atoms with Crippen LogP contribution in [0.3, 0.4) is 0 Å². The van der Waals surface area contributed by atoms with Crippen LogP contribution < -0.4 is 19.7 Å². The molecule has 12 heteroatoms. The molecule has 1 amide bonds. The van der Waals surface area contributed by atoms with E-state index in [0.717, 1.165) is 31.9 Å². The second kappa shape index (κ2) is 11.3. The molecule has 11 nitrogen and oxygen atoms in total. The molecule has 2 aromatic carbocycles. The minimum absolute atomic E-state index is 0.0770. The van der Waals surface area contributed by atoms with Crippen LogP contribution in [-0.2, 0) is 21.4 Å². The van der Waals surface area contributed by atoms with Gasteiger partial charge >= 0.3 is 6.01 Å². The fraction of sp³-hybridized carbons (Fsp3) is 0.400. The molecule has 0 aliphatic carbocycles. The molecule has 1 aliphatic heterocycles. The number of anilines is 2. The first kappa shape index (κ1) is 26.6. The lowest BCUT2D eigenvalue weighted by atomic mass is 10.2. The molecule has 1 fully saturated rings. The third-order valence-electron chi connectivity index (χ3n) is 6.16. The molecule has 1 aliphatic rings. The largest absolute Gasteiger partial charge is 0.424 e. The van der Waals surface area contributed by atoms with Crippen LogP contribution in [0.1, 0.15) is 32.6 Å². The van der Waals surface area contributed by atoms with E-state index in [1.165, 1.54) is 31.2 Å². The quantitative estimate of drug-likeness (QED) is 0.436. The monoisotopic (exact) mass is 527 g/mol. The number of sulfonamides is 1. The Morgan fingerprint density at radius 1 is 1.08 bits per heavy atom. The normalized spacial score (nSPS) is 15.4. The molecule has 4 rings (SSSR count). The van der Waals surface area contributed by atoms with Crippen molar-refractivity contribution in [2.24, 2.45) is 0 Å². The fourth-order valence-corrected chi connectivity index (χ4v) is 5.38. The third-order valence-corrected chi connectivity index (χ3v) is 7.72. The Labute approximate surface area is 217 Å². The lowest BCUT2D eigenvalue weighted by Gasteiger charge is -2.34. The summed E-state index contributed by atoms with van der Waals surface area (Å²) in [6.45, 7) is 9.41. The highest BCUT2D eigenvalue weighted by Gasteiger charge is 2.24. The Hall–Kier alpha value is -3.48. The number of hydrogen-bond acceptors (Lipinski definition) is 8. The molecule has 2 N–H and O–H groups in total. The maximum Gasteiger partial charge on any atom is 0.322 e. The number of hydrogen-bond donors (Lipinski definition) is 2. The van der Waals surface area contributed by atoms with Crippen LogP contribution in [0.5, 0.6) is 11.8 Å². The number of carbonyl (C=O) groups excluding carboxylic acids is 1. The van der Waals surface area contributed by atoms with Crippen molar-refractivity contribution in [3.8, 4) is 11.8 Å². The number of nitrogens with zero attached hydrogens (tertiary/aromatic N) is 5. The number of benzene rings is 2. The highest BCUT2D eigenvalue weighted by atomic mass is 32.2. The van der Waals surface area contributed by atoms with Crippen LogP contribution in [0.15, 0.2) is 53.4 Å². The van der Waals surface area contributed by atoms with Crippen LogP contribution in [0.25, 0.3) is 0 Å². The van der Waals surface area contributed by atoms with Crippen molar-refractivity contribution in [2.75, 3.05) is 43.4 Å². The number of ether oxygens (including phenoxy) is 1. The van der Waals surface area contributed by atoms with Gasteiger partial charge in [-0.1, -0.05) is 11.2 Å². The van der Waals surface area contributed by atoms with Crippen molar-refractivity contribution in [3.63, 3.8) is 0 Å². The summed E-state index contributed by atoms with van der Waals surface area (Å²) in [5.41, 5.74) is 1.60. The molecule has 1 aromatic heterocycles. The molecule has 0 bridgehead atoms. The second-order valence-electron chi connectivity index (χ2n) is 9.02. The summed E-state index contributed by atoms with van der Waals surface area (Å²) in [6, 6.07) is 13.4. The van der Waals surface area contributed by atoms with E-state index in [2.05, 4.69) is 43.2 Å². The molecular formula is C25H33N7O4S. The summed E-state index contributed by atoms with van der Waals surface area (Å²) in [5.74, 6) is 0.842. The Morgan fingerprint density at radius 2 is 1.78 bits per heavy atom. The average molecular weight is 528 g/mol. The fourth-order valence-electron chi connectivity index (χ4n) is 4.18. The lowest BCUT2D eigenvalue weighted by molar-refractivity contribution is -0.114. The van der Waals surface area contributed by atoms with Crippen LogP contribution in [0, 0.1) is 0 Å². The van der Waals surface area contributed by atoms with Gasteiger partial charge in [-0.2, -0.15) is 0 Å². The van der Waals surface area contributed by atoms with Gasteiger partial charge in [0.2, 0.25) is 15.9 Å². The Morgan fingerprint density at radius 3 is 2.43 bits per heavy atom. The molecule has 37 heavy (non-hydrogen) atoms. The van der Waals surface area contributed by atoms with E-state index in [4.69, 9.17) is 4.74 Å². The molecular weight excluding hydrogens is 494 g/mol. The van der Waals surface area contributed by atoms with Gasteiger partial charge in [-0.05, 0) is 57.3 Å². The second-order valence-corrected chi connectivity index (χ2v) is 10.7. The number of nitrogens with one attached hydrogen (secondary N) is 2. The first-order valence-corrected chi connectivity index (χ1v) is 13.7. The van der Waals surface area contributed by atoms with Crippen molar-refractivity contribution >= 4 is 27.3 Å². The summed E-state index contributed by atoms with van der Waals surface area (Å²) in [7, 11) is -1.72. The number of likely N-dealkylation sites (N-methyl/N-ethyl adjacent to an activating group) is 1. The maximum atomic E-state index is 13.0. The van der Waals surface area contributed by atoms with Gasteiger partial charge in [-0.25, -0.2) is 13.1 Å².